The number of phenols is 1. The number of aliphatic carboxylic acids is 1. The second kappa shape index (κ2) is 5.62. The molecule has 5 rings (SSSR count). The maximum absolute atomic E-state index is 12.1. The number of phenolic OH excluding ortho intramolecular Hbond substituents is 1. The van der Waals surface area contributed by atoms with Gasteiger partial charge < -0.3 is 30.5 Å². The molecule has 3 aliphatic carbocycles. The minimum Gasteiger partial charge on any atom is -0.504 e. The van der Waals surface area contributed by atoms with Crippen LogP contribution in [0.1, 0.15) is 50.2 Å². The van der Waals surface area contributed by atoms with Crippen LogP contribution >= 0.6 is 0 Å². The molecule has 4 aliphatic rings. The van der Waals surface area contributed by atoms with Crippen molar-refractivity contribution in [2.45, 2.75) is 74.2 Å². The molecule has 2 fully saturated rings. The lowest BCUT2D eigenvalue weighted by atomic mass is 9.58. The number of aliphatic hydroxyl groups is 2. The first kappa shape index (κ1) is 18.2. The summed E-state index contributed by atoms with van der Waals surface area (Å²) in [5.41, 5.74) is -3.16. The minimum absolute atomic E-state index is 0.0805. The largest absolute Gasteiger partial charge is 0.504 e. The van der Waals surface area contributed by atoms with Crippen LogP contribution in [0.4, 0.5) is 0 Å². The fourth-order valence-electron chi connectivity index (χ4n) is 6.10. The summed E-state index contributed by atoms with van der Waals surface area (Å²) >= 11 is 0. The number of rotatable bonds is 6. The van der Waals surface area contributed by atoms with Gasteiger partial charge in [-0.2, -0.15) is 0 Å². The highest BCUT2D eigenvalue weighted by Gasteiger charge is 2.79. The van der Waals surface area contributed by atoms with Gasteiger partial charge in [-0.25, -0.2) is 4.79 Å². The van der Waals surface area contributed by atoms with Gasteiger partial charge in [0.1, 0.15) is 0 Å². The predicted molar refractivity (Wildman–Crippen MR) is 99.5 cm³/mol. The molecule has 0 amide bonds. The Kier molecular flexibility index (Phi) is 3.65. The quantitative estimate of drug-likeness (QED) is 0.494. The van der Waals surface area contributed by atoms with Crippen molar-refractivity contribution in [1.82, 2.24) is 5.32 Å². The first-order valence-corrected chi connectivity index (χ1v) is 10.2. The molecular formula is C21H27NO6. The average Bonchev–Trinajstić information content (AvgIpc) is 3.35. The van der Waals surface area contributed by atoms with Gasteiger partial charge in [0.05, 0.1) is 11.0 Å². The Bertz CT molecular complexity index is 854. The van der Waals surface area contributed by atoms with E-state index < -0.39 is 28.7 Å². The van der Waals surface area contributed by atoms with Crippen molar-refractivity contribution in [2.24, 2.45) is 5.92 Å². The van der Waals surface area contributed by atoms with Gasteiger partial charge in [0.2, 0.25) is 5.60 Å². The van der Waals surface area contributed by atoms with Crippen molar-refractivity contribution in [2.75, 3.05) is 6.54 Å². The third-order valence-electron chi connectivity index (χ3n) is 7.46. The van der Waals surface area contributed by atoms with Crippen molar-refractivity contribution >= 4 is 5.97 Å². The van der Waals surface area contributed by atoms with E-state index in [2.05, 4.69) is 5.32 Å². The van der Waals surface area contributed by atoms with Crippen molar-refractivity contribution in [1.29, 1.82) is 0 Å². The molecule has 7 heteroatoms. The molecule has 0 spiro atoms. The smallest absolute Gasteiger partial charge is 0.339 e. The number of carboxylic acid groups (broad SMARTS) is 1. The summed E-state index contributed by atoms with van der Waals surface area (Å²) < 4.78 is 5.97. The van der Waals surface area contributed by atoms with Crippen LogP contribution in [-0.4, -0.2) is 56.3 Å². The molecule has 0 saturated heterocycles. The first-order valence-electron chi connectivity index (χ1n) is 10.2. The Morgan fingerprint density at radius 2 is 2.07 bits per heavy atom. The second-order valence-corrected chi connectivity index (χ2v) is 9.11. The Morgan fingerprint density at radius 3 is 2.71 bits per heavy atom. The van der Waals surface area contributed by atoms with E-state index in [0.29, 0.717) is 30.7 Å². The molecule has 5 atom stereocenters. The summed E-state index contributed by atoms with van der Waals surface area (Å²) in [4.78, 5) is 12.1. The van der Waals surface area contributed by atoms with E-state index in [9.17, 15) is 25.2 Å². The molecular weight excluding hydrogens is 362 g/mol. The third kappa shape index (κ3) is 2.02. The van der Waals surface area contributed by atoms with Crippen LogP contribution < -0.4 is 10.1 Å². The lowest BCUT2D eigenvalue weighted by Crippen LogP contribution is -2.65. The summed E-state index contributed by atoms with van der Waals surface area (Å²) in [6.07, 6.45) is 2.54. The number of nitrogens with one attached hydrogen (secondary N) is 1. The van der Waals surface area contributed by atoms with E-state index >= 15 is 0 Å². The number of benzene rings is 1. The maximum Gasteiger partial charge on any atom is 0.339 e. The Hall–Kier alpha value is -1.83. The van der Waals surface area contributed by atoms with E-state index in [1.165, 1.54) is 0 Å². The van der Waals surface area contributed by atoms with Crippen molar-refractivity contribution in [3.05, 3.63) is 23.3 Å². The standard InChI is InChI=1S/C21H27NO6/c1-2-7-19-15-12-5-6-13(23)16(15)28-17(19)20(26,18(24)25)10-21(19,27)14(8-12)22-9-11-3-4-11/h5-6,11,14,17,22-23,26-27H,2-4,7-10H2,1H3,(H,24,25)/t14-,17-,19+,20?,21-/m1/s1. The molecule has 0 bridgehead atoms. The molecule has 28 heavy (non-hydrogen) atoms. The first-order chi connectivity index (χ1) is 13.3. The predicted octanol–water partition coefficient (Wildman–Crippen LogP) is 1.07. The summed E-state index contributed by atoms with van der Waals surface area (Å²) in [7, 11) is 0. The third-order valence-corrected chi connectivity index (χ3v) is 7.46. The van der Waals surface area contributed by atoms with Crippen molar-refractivity contribution in [3.63, 3.8) is 0 Å². The van der Waals surface area contributed by atoms with Gasteiger partial charge in [-0.1, -0.05) is 19.4 Å². The van der Waals surface area contributed by atoms with Crippen LogP contribution in [-0.2, 0) is 16.6 Å². The lowest BCUT2D eigenvalue weighted by molar-refractivity contribution is -0.167. The van der Waals surface area contributed by atoms with Crippen LogP contribution in [0, 0.1) is 5.92 Å². The van der Waals surface area contributed by atoms with Crippen LogP contribution in [0.25, 0.3) is 0 Å². The maximum atomic E-state index is 12.1. The van der Waals surface area contributed by atoms with Crippen molar-refractivity contribution < 1.29 is 30.0 Å². The zero-order valence-electron chi connectivity index (χ0n) is 15.9. The summed E-state index contributed by atoms with van der Waals surface area (Å²) in [6.45, 7) is 2.74. The highest BCUT2D eigenvalue weighted by atomic mass is 16.5. The Balaban J connectivity index is 1.73. The number of hydrogen-bond donors (Lipinski definition) is 5. The number of carbonyl (C=O) groups is 1. The topological polar surface area (TPSA) is 119 Å². The molecule has 1 aromatic carbocycles. The van der Waals surface area contributed by atoms with Crippen molar-refractivity contribution in [3.8, 4) is 11.5 Å². The molecule has 1 unspecified atom stereocenters. The molecule has 2 saturated carbocycles. The molecule has 0 radical (unpaired) electrons. The Morgan fingerprint density at radius 1 is 1.32 bits per heavy atom. The van der Waals surface area contributed by atoms with E-state index in [1.54, 1.807) is 6.07 Å². The van der Waals surface area contributed by atoms with Crippen LogP contribution in [0.15, 0.2) is 12.1 Å². The zero-order valence-corrected chi connectivity index (χ0v) is 15.9. The monoisotopic (exact) mass is 389 g/mol. The average molecular weight is 389 g/mol. The number of ether oxygens (including phenoxy) is 1. The van der Waals surface area contributed by atoms with Crippen LogP contribution in [0.2, 0.25) is 0 Å². The summed E-state index contributed by atoms with van der Waals surface area (Å²) in [6, 6.07) is 3.00. The number of aromatic hydroxyl groups is 1. The normalized spacial score (nSPS) is 40.2. The minimum atomic E-state index is -2.23. The number of hydrogen-bond acceptors (Lipinski definition) is 6. The molecule has 1 aliphatic heterocycles. The highest BCUT2D eigenvalue weighted by Crippen LogP contribution is 2.67. The van der Waals surface area contributed by atoms with E-state index in [-0.39, 0.29) is 24.0 Å². The molecule has 1 heterocycles. The fourth-order valence-corrected chi connectivity index (χ4v) is 6.10. The molecule has 1 aromatic rings. The van der Waals surface area contributed by atoms with Gasteiger partial charge in [-0.15, -0.1) is 0 Å². The highest BCUT2D eigenvalue weighted by molar-refractivity contribution is 5.82. The van der Waals surface area contributed by atoms with Gasteiger partial charge in [0, 0.05) is 18.0 Å². The van der Waals surface area contributed by atoms with Gasteiger partial charge in [-0.3, -0.25) is 0 Å². The second-order valence-electron chi connectivity index (χ2n) is 9.11. The van der Waals surface area contributed by atoms with E-state index in [1.807, 2.05) is 13.0 Å². The Labute approximate surface area is 163 Å². The van der Waals surface area contributed by atoms with Gasteiger partial charge in [-0.05, 0) is 49.8 Å². The van der Waals surface area contributed by atoms with Gasteiger partial charge >= 0.3 is 5.97 Å². The molecule has 0 aromatic heterocycles. The van der Waals surface area contributed by atoms with Crippen LogP contribution in [0.5, 0.6) is 11.5 Å². The van der Waals surface area contributed by atoms with E-state index in [4.69, 9.17) is 4.74 Å². The summed E-state index contributed by atoms with van der Waals surface area (Å²) in [5.74, 6) is -0.666. The fraction of sp³-hybridized carbons (Fsp3) is 0.667. The molecule has 152 valence electrons. The summed E-state index contributed by atoms with van der Waals surface area (Å²) in [5, 5.41) is 47.0. The lowest BCUT2D eigenvalue weighted by Gasteiger charge is -2.50. The van der Waals surface area contributed by atoms with Gasteiger partial charge in [0.25, 0.3) is 0 Å². The number of carboxylic acids is 1. The molecule has 5 N–H and O–H groups in total. The molecule has 7 nitrogen and oxygen atoms in total. The van der Waals surface area contributed by atoms with Crippen LogP contribution in [0.3, 0.4) is 0 Å². The van der Waals surface area contributed by atoms with Gasteiger partial charge in [0.15, 0.2) is 17.6 Å². The van der Waals surface area contributed by atoms with E-state index in [0.717, 1.165) is 24.9 Å². The SMILES string of the molecule is CCC[C@]12c3c4ccc(O)c3O[C@H]1C(O)(C(=O)O)C[C@@]2(O)[C@H](NCC1CC1)C4. The zero-order chi connectivity index (χ0) is 19.9.